The van der Waals surface area contributed by atoms with Crippen LogP contribution < -0.4 is 0 Å². The molecule has 0 radical (unpaired) electrons. The highest BCUT2D eigenvalue weighted by Crippen LogP contribution is 2.24. The molecule has 0 saturated heterocycles. The van der Waals surface area contributed by atoms with E-state index in [4.69, 9.17) is 4.74 Å². The summed E-state index contributed by atoms with van der Waals surface area (Å²) in [4.78, 5) is 16.0. The van der Waals surface area contributed by atoms with E-state index >= 15 is 0 Å². The van der Waals surface area contributed by atoms with Crippen molar-refractivity contribution in [2.45, 2.75) is 19.8 Å². The Bertz CT molecular complexity index is 522. The van der Waals surface area contributed by atoms with Crippen molar-refractivity contribution >= 4 is 17.3 Å². The number of ether oxygens (including phenoxy) is 1. The van der Waals surface area contributed by atoms with Crippen molar-refractivity contribution in [3.63, 3.8) is 0 Å². The Labute approximate surface area is 110 Å². The summed E-state index contributed by atoms with van der Waals surface area (Å²) in [5, 5.41) is 1.99. The van der Waals surface area contributed by atoms with E-state index in [0.717, 1.165) is 16.8 Å². The van der Waals surface area contributed by atoms with Crippen LogP contribution in [0.15, 0.2) is 35.2 Å². The summed E-state index contributed by atoms with van der Waals surface area (Å²) < 4.78 is 5.04. The first kappa shape index (κ1) is 12.8. The largest absolute Gasteiger partial charge is 0.466 e. The number of thiazole rings is 1. The molecule has 4 heteroatoms. The minimum atomic E-state index is -0.247. The Morgan fingerprint density at radius 1 is 1.50 bits per heavy atom. The molecular weight excluding hydrogens is 246 g/mol. The van der Waals surface area contributed by atoms with Gasteiger partial charge < -0.3 is 4.74 Å². The number of carbonyl (C=O) groups is 1. The quantitative estimate of drug-likeness (QED) is 0.791. The minimum absolute atomic E-state index is 0.187. The fourth-order valence-electron chi connectivity index (χ4n) is 1.73. The van der Waals surface area contributed by atoms with Crippen molar-refractivity contribution in [1.82, 2.24) is 4.98 Å². The second-order valence-corrected chi connectivity index (χ2v) is 4.69. The monoisotopic (exact) mass is 261 g/mol. The van der Waals surface area contributed by atoms with Gasteiger partial charge in [-0.15, -0.1) is 11.3 Å². The maximum absolute atomic E-state index is 11.7. The molecule has 0 spiro atoms. The summed E-state index contributed by atoms with van der Waals surface area (Å²) >= 11 is 1.56. The minimum Gasteiger partial charge on any atom is -0.466 e. The summed E-state index contributed by atoms with van der Waals surface area (Å²) in [6.45, 7) is 4.09. The standard InChI is InChI=1S/C14H15NO2S/c1-3-17-14(16)10(2)11-5-4-6-12(7-11)13-8-18-9-15-13/h4-10H,3H2,1-2H3. The number of nitrogens with zero attached hydrogens (tertiary/aromatic N) is 1. The third-order valence-electron chi connectivity index (χ3n) is 2.75. The number of hydrogen-bond donors (Lipinski definition) is 0. The molecule has 0 amide bonds. The molecule has 1 atom stereocenters. The van der Waals surface area contributed by atoms with E-state index in [2.05, 4.69) is 4.98 Å². The van der Waals surface area contributed by atoms with Gasteiger partial charge in [0.1, 0.15) is 0 Å². The van der Waals surface area contributed by atoms with E-state index in [-0.39, 0.29) is 11.9 Å². The van der Waals surface area contributed by atoms with Crippen LogP contribution in [0.5, 0.6) is 0 Å². The average molecular weight is 261 g/mol. The van der Waals surface area contributed by atoms with Gasteiger partial charge in [0, 0.05) is 10.9 Å². The third-order valence-corrected chi connectivity index (χ3v) is 3.34. The highest BCUT2D eigenvalue weighted by Gasteiger charge is 2.16. The Balaban J connectivity index is 2.25. The van der Waals surface area contributed by atoms with E-state index in [1.54, 1.807) is 16.8 Å². The lowest BCUT2D eigenvalue weighted by Crippen LogP contribution is -2.12. The van der Waals surface area contributed by atoms with Crippen LogP contribution in [0.4, 0.5) is 0 Å². The zero-order valence-corrected chi connectivity index (χ0v) is 11.2. The van der Waals surface area contributed by atoms with Gasteiger partial charge in [0.2, 0.25) is 0 Å². The molecule has 2 rings (SSSR count). The van der Waals surface area contributed by atoms with Gasteiger partial charge in [-0.25, -0.2) is 4.98 Å². The summed E-state index contributed by atoms with van der Waals surface area (Å²) in [6.07, 6.45) is 0. The molecule has 0 aliphatic heterocycles. The first-order chi connectivity index (χ1) is 8.72. The van der Waals surface area contributed by atoms with Crippen LogP contribution in [0.3, 0.4) is 0 Å². The van der Waals surface area contributed by atoms with E-state index in [0.29, 0.717) is 6.61 Å². The van der Waals surface area contributed by atoms with Gasteiger partial charge in [-0.05, 0) is 25.5 Å². The molecule has 1 aromatic heterocycles. The molecule has 0 bridgehead atoms. The van der Waals surface area contributed by atoms with Gasteiger partial charge in [0.05, 0.1) is 23.7 Å². The highest BCUT2D eigenvalue weighted by molar-refractivity contribution is 7.07. The van der Waals surface area contributed by atoms with Gasteiger partial charge in [0.25, 0.3) is 0 Å². The van der Waals surface area contributed by atoms with Crippen molar-refractivity contribution in [3.05, 3.63) is 40.7 Å². The lowest BCUT2D eigenvalue weighted by atomic mass is 9.98. The summed E-state index contributed by atoms with van der Waals surface area (Å²) in [7, 11) is 0. The fraction of sp³-hybridized carbons (Fsp3) is 0.286. The van der Waals surface area contributed by atoms with Gasteiger partial charge in [-0.1, -0.05) is 18.2 Å². The molecule has 0 aliphatic carbocycles. The van der Waals surface area contributed by atoms with Crippen molar-refractivity contribution < 1.29 is 9.53 Å². The van der Waals surface area contributed by atoms with Crippen LogP contribution in [0.2, 0.25) is 0 Å². The Morgan fingerprint density at radius 3 is 3.00 bits per heavy atom. The van der Waals surface area contributed by atoms with Crippen molar-refractivity contribution in [3.8, 4) is 11.3 Å². The highest BCUT2D eigenvalue weighted by atomic mass is 32.1. The average Bonchev–Trinajstić information content (AvgIpc) is 2.92. The molecule has 0 saturated carbocycles. The van der Waals surface area contributed by atoms with E-state index in [9.17, 15) is 4.79 Å². The molecule has 1 aromatic carbocycles. The van der Waals surface area contributed by atoms with Crippen LogP contribution in [0.1, 0.15) is 25.3 Å². The molecule has 0 fully saturated rings. The number of hydrogen-bond acceptors (Lipinski definition) is 4. The first-order valence-electron chi connectivity index (χ1n) is 5.87. The predicted octanol–water partition coefficient (Wildman–Crippen LogP) is 3.48. The Morgan fingerprint density at radius 2 is 2.33 bits per heavy atom. The van der Waals surface area contributed by atoms with Crippen LogP contribution in [0, 0.1) is 0 Å². The number of aromatic nitrogens is 1. The number of rotatable bonds is 4. The van der Waals surface area contributed by atoms with Crippen molar-refractivity contribution in [2.75, 3.05) is 6.61 Å². The maximum atomic E-state index is 11.7. The first-order valence-corrected chi connectivity index (χ1v) is 6.81. The van der Waals surface area contributed by atoms with Crippen LogP contribution >= 0.6 is 11.3 Å². The molecular formula is C14H15NO2S. The van der Waals surface area contributed by atoms with Gasteiger partial charge >= 0.3 is 5.97 Å². The second kappa shape index (κ2) is 5.78. The summed E-state index contributed by atoms with van der Waals surface area (Å²) in [5.74, 6) is -0.434. The predicted molar refractivity (Wildman–Crippen MR) is 72.6 cm³/mol. The Hall–Kier alpha value is -1.68. The summed E-state index contributed by atoms with van der Waals surface area (Å²) in [5.41, 5.74) is 4.73. The van der Waals surface area contributed by atoms with Gasteiger partial charge in [0.15, 0.2) is 0 Å². The topological polar surface area (TPSA) is 39.2 Å². The SMILES string of the molecule is CCOC(=O)C(C)c1cccc(-c2cscn2)c1. The van der Waals surface area contributed by atoms with E-state index < -0.39 is 0 Å². The molecule has 94 valence electrons. The molecule has 0 aliphatic rings. The zero-order valence-electron chi connectivity index (χ0n) is 10.4. The van der Waals surface area contributed by atoms with Crippen LogP contribution in [-0.4, -0.2) is 17.6 Å². The van der Waals surface area contributed by atoms with Crippen molar-refractivity contribution in [2.24, 2.45) is 0 Å². The number of benzene rings is 1. The fourth-order valence-corrected chi connectivity index (χ4v) is 2.29. The zero-order chi connectivity index (χ0) is 13.0. The smallest absolute Gasteiger partial charge is 0.313 e. The van der Waals surface area contributed by atoms with Gasteiger partial charge in [-0.2, -0.15) is 0 Å². The molecule has 0 N–H and O–H groups in total. The molecule has 3 nitrogen and oxygen atoms in total. The van der Waals surface area contributed by atoms with Crippen molar-refractivity contribution in [1.29, 1.82) is 0 Å². The lowest BCUT2D eigenvalue weighted by molar-refractivity contribution is -0.144. The molecule has 18 heavy (non-hydrogen) atoms. The number of carbonyl (C=O) groups excluding carboxylic acids is 1. The maximum Gasteiger partial charge on any atom is 0.313 e. The van der Waals surface area contributed by atoms with E-state index in [1.165, 1.54) is 0 Å². The molecule has 2 aromatic rings. The summed E-state index contributed by atoms with van der Waals surface area (Å²) in [6, 6.07) is 7.88. The van der Waals surface area contributed by atoms with Crippen LogP contribution in [0.25, 0.3) is 11.3 Å². The second-order valence-electron chi connectivity index (χ2n) is 3.97. The van der Waals surface area contributed by atoms with Crippen LogP contribution in [-0.2, 0) is 9.53 Å². The van der Waals surface area contributed by atoms with E-state index in [1.807, 2.05) is 43.5 Å². The lowest BCUT2D eigenvalue weighted by Gasteiger charge is -2.11. The molecule has 1 heterocycles. The third kappa shape index (κ3) is 2.76. The normalized spacial score (nSPS) is 12.1. The Kier molecular flexibility index (Phi) is 4.10. The molecule has 1 unspecified atom stereocenters. The van der Waals surface area contributed by atoms with Gasteiger partial charge in [-0.3, -0.25) is 4.79 Å². The number of esters is 1.